The van der Waals surface area contributed by atoms with Gasteiger partial charge >= 0.3 is 23.9 Å². The quantitative estimate of drug-likeness (QED) is 0.0284. The largest absolute Gasteiger partial charge is 0.481 e. The number of nitrogens with one attached hydrogen (secondary N) is 7. The van der Waals surface area contributed by atoms with Gasteiger partial charge in [0.25, 0.3) is 0 Å². The van der Waals surface area contributed by atoms with Crippen LogP contribution in [0.3, 0.4) is 0 Å². The normalized spacial score (nSPS) is 17.2. The van der Waals surface area contributed by atoms with E-state index < -0.39 is 170 Å². The van der Waals surface area contributed by atoms with E-state index in [1.807, 2.05) is 0 Å². The Hall–Kier alpha value is -6.48. The van der Waals surface area contributed by atoms with Crippen molar-refractivity contribution >= 4 is 71.1 Å². The van der Waals surface area contributed by atoms with Crippen LogP contribution in [0, 0.1) is 11.8 Å². The van der Waals surface area contributed by atoms with Crippen LogP contribution in [-0.4, -0.2) is 176 Å². The summed E-state index contributed by atoms with van der Waals surface area (Å²) in [7, 11) is 0. The third-order valence-corrected chi connectivity index (χ3v) is 11.3. The maximum absolute atomic E-state index is 14.0. The molecule has 27 heteroatoms. The first-order valence-electron chi connectivity index (χ1n) is 22.7. The monoisotopic (exact) mass is 986 g/mol. The summed E-state index contributed by atoms with van der Waals surface area (Å²) < 4.78 is 0. The zero-order valence-electron chi connectivity index (χ0n) is 39.5. The van der Waals surface area contributed by atoms with E-state index >= 15 is 0 Å². The van der Waals surface area contributed by atoms with Crippen LogP contribution >= 0.6 is 0 Å². The molecule has 16 N–H and O–H groups in total. The van der Waals surface area contributed by atoms with Crippen LogP contribution in [0.15, 0.2) is 0 Å². The van der Waals surface area contributed by atoms with Gasteiger partial charge in [0.2, 0.25) is 47.3 Å². The van der Waals surface area contributed by atoms with Gasteiger partial charge in [0.15, 0.2) is 0 Å². The van der Waals surface area contributed by atoms with Crippen LogP contribution in [0.5, 0.6) is 0 Å². The molecule has 27 nitrogen and oxygen atoms in total. The first kappa shape index (κ1) is 60.5. The predicted octanol–water partition coefficient (Wildman–Crippen LogP) is -4.17. The van der Waals surface area contributed by atoms with Gasteiger partial charge in [-0.05, 0) is 70.3 Å². The second-order valence-electron chi connectivity index (χ2n) is 17.2. The molecule has 1 aliphatic heterocycles. The predicted molar refractivity (Wildman–Crippen MR) is 240 cm³/mol. The number of aliphatic hydroxyl groups is 1. The highest BCUT2D eigenvalue weighted by Gasteiger charge is 2.42. The van der Waals surface area contributed by atoms with E-state index in [9.17, 15) is 83.1 Å². The minimum absolute atomic E-state index is 0.0169. The van der Waals surface area contributed by atoms with Crippen molar-refractivity contribution < 1.29 is 83.1 Å². The Morgan fingerprint density at radius 1 is 0.638 bits per heavy atom. The maximum Gasteiger partial charge on any atom is 0.326 e. The number of nitrogens with two attached hydrogens (primary N) is 2. The molecule has 1 heterocycles. The first-order chi connectivity index (χ1) is 32.2. The van der Waals surface area contributed by atoms with Gasteiger partial charge in [-0.25, -0.2) is 4.79 Å². The Morgan fingerprint density at radius 2 is 1.19 bits per heavy atom. The summed E-state index contributed by atoms with van der Waals surface area (Å²) >= 11 is 0. The Balaban J connectivity index is 3.25. The van der Waals surface area contributed by atoms with E-state index in [-0.39, 0.29) is 38.3 Å². The van der Waals surface area contributed by atoms with Crippen molar-refractivity contribution in [2.24, 2.45) is 23.3 Å². The molecule has 0 saturated carbocycles. The van der Waals surface area contributed by atoms with Crippen molar-refractivity contribution in [1.82, 2.24) is 42.1 Å². The van der Waals surface area contributed by atoms with Crippen LogP contribution < -0.4 is 48.7 Å². The van der Waals surface area contributed by atoms with Crippen molar-refractivity contribution in [3.05, 3.63) is 0 Å². The van der Waals surface area contributed by atoms with Crippen LogP contribution in [0.2, 0.25) is 0 Å². The summed E-state index contributed by atoms with van der Waals surface area (Å²) in [5, 5.41) is 64.4. The number of likely N-dealkylation sites (tertiary alicyclic amines) is 1. The number of aliphatic carboxylic acids is 4. The molecule has 1 fully saturated rings. The lowest BCUT2D eigenvalue weighted by atomic mass is 9.96. The molecule has 8 amide bonds. The fraction of sp³-hybridized carbons (Fsp3) is 0.714. The molecule has 69 heavy (non-hydrogen) atoms. The highest BCUT2D eigenvalue weighted by atomic mass is 16.4. The standard InChI is InChI=1S/C42H70N10O17/c1-6-21(4)33(50-39(65)32(44)20(2)3)40(66)48-24(13-15-30(57)58)36(62)51-34(22(5)53)41(67)52-17-9-11-27(52)38(64)47-23(12-14-29(55)56)35(61)45-19-28(54)46-26(18-31(59)60)37(63)49-25(42(68)69)10-7-8-16-43/h20-27,32-34,53H,6-19,43-44H2,1-5H3,(H,45,61)(H,46,54)(H,47,64)(H,48,66)(H,49,63)(H,50,65)(H,51,62)(H,55,56)(H,57,58)(H,59,60)(H,68,69)/t21-,22+,23-,24-,25-,26-,27-,32-,33-,34-/m0/s1. The topological polar surface area (TPSA) is 445 Å². The van der Waals surface area contributed by atoms with Crippen molar-refractivity contribution in [3.63, 3.8) is 0 Å². The third-order valence-electron chi connectivity index (χ3n) is 11.3. The van der Waals surface area contributed by atoms with Crippen LogP contribution in [-0.2, 0) is 57.5 Å². The molecular weight excluding hydrogens is 917 g/mol. The lowest BCUT2D eigenvalue weighted by Gasteiger charge is -2.32. The molecule has 0 aromatic rings. The van der Waals surface area contributed by atoms with Gasteiger partial charge in [0.05, 0.1) is 25.1 Å². The molecule has 10 atom stereocenters. The number of hydrogen-bond acceptors (Lipinski definition) is 15. The van der Waals surface area contributed by atoms with E-state index in [0.29, 0.717) is 19.3 Å². The summed E-state index contributed by atoms with van der Waals surface area (Å²) in [6, 6.07) is -11.8. The number of hydrogen-bond donors (Lipinski definition) is 14. The molecule has 1 aliphatic rings. The molecule has 0 aliphatic carbocycles. The molecule has 1 saturated heterocycles. The smallest absolute Gasteiger partial charge is 0.326 e. The molecule has 0 bridgehead atoms. The number of unbranched alkanes of at least 4 members (excludes halogenated alkanes) is 1. The first-order valence-corrected chi connectivity index (χ1v) is 22.7. The SMILES string of the molecule is CC[C@H](C)[C@H](NC(=O)[C@@H](N)C(C)C)C(=O)N[C@@H](CCC(=O)O)C(=O)N[C@H](C(=O)N1CCC[C@H]1C(=O)N[C@@H](CCC(=O)O)C(=O)NCC(=O)N[C@@H](CC(=O)O)C(=O)N[C@@H](CCCCN)C(=O)O)[C@@H](C)O. The maximum atomic E-state index is 14.0. The average molecular weight is 987 g/mol. The number of nitrogens with zero attached hydrogens (tertiary/aromatic N) is 1. The van der Waals surface area contributed by atoms with Gasteiger partial charge < -0.3 is 79.1 Å². The Morgan fingerprint density at radius 3 is 1.70 bits per heavy atom. The fourth-order valence-corrected chi connectivity index (χ4v) is 6.92. The summed E-state index contributed by atoms with van der Waals surface area (Å²) in [5.41, 5.74) is 11.4. The van der Waals surface area contributed by atoms with Crippen molar-refractivity contribution in [1.29, 1.82) is 0 Å². The Labute approximate surface area is 398 Å². The van der Waals surface area contributed by atoms with Crippen LogP contribution in [0.25, 0.3) is 0 Å². The molecule has 1 rings (SSSR count). The van der Waals surface area contributed by atoms with Gasteiger partial charge in [0, 0.05) is 19.4 Å². The van der Waals surface area contributed by atoms with Gasteiger partial charge in [-0.3, -0.25) is 52.7 Å². The number of carbonyl (C=O) groups excluding carboxylic acids is 8. The van der Waals surface area contributed by atoms with E-state index in [4.69, 9.17) is 11.5 Å². The minimum Gasteiger partial charge on any atom is -0.481 e. The van der Waals surface area contributed by atoms with Crippen molar-refractivity contribution in [2.45, 2.75) is 160 Å². The highest BCUT2D eigenvalue weighted by Crippen LogP contribution is 2.21. The minimum atomic E-state index is -1.79. The fourth-order valence-electron chi connectivity index (χ4n) is 6.92. The van der Waals surface area contributed by atoms with Crippen molar-refractivity contribution in [3.8, 4) is 0 Å². The summed E-state index contributed by atoms with van der Waals surface area (Å²) in [5.74, 6) is -14.4. The lowest BCUT2D eigenvalue weighted by Crippen LogP contribution is -2.62. The number of rotatable bonds is 32. The van der Waals surface area contributed by atoms with Gasteiger partial charge in [-0.1, -0.05) is 34.1 Å². The summed E-state index contributed by atoms with van der Waals surface area (Å²) in [6.07, 6.45) is -3.70. The highest BCUT2D eigenvalue weighted by molar-refractivity contribution is 5.98. The van der Waals surface area contributed by atoms with Gasteiger partial charge in [-0.2, -0.15) is 0 Å². The van der Waals surface area contributed by atoms with E-state index in [1.54, 1.807) is 27.7 Å². The summed E-state index contributed by atoms with van der Waals surface area (Å²) in [6.45, 7) is 7.14. The third kappa shape index (κ3) is 21.1. The number of aliphatic hydroxyl groups excluding tert-OH is 1. The average Bonchev–Trinajstić information content (AvgIpc) is 3.77. The number of carboxylic acid groups (broad SMARTS) is 4. The van der Waals surface area contributed by atoms with Crippen molar-refractivity contribution in [2.75, 3.05) is 19.6 Å². The second kappa shape index (κ2) is 30.1. The number of carboxylic acids is 4. The molecule has 390 valence electrons. The number of amides is 8. The van der Waals surface area contributed by atoms with E-state index in [1.165, 1.54) is 0 Å². The Bertz CT molecular complexity index is 1850. The molecule has 0 aromatic heterocycles. The number of carbonyl (C=O) groups is 12. The van der Waals surface area contributed by atoms with Gasteiger partial charge in [0.1, 0.15) is 42.3 Å². The van der Waals surface area contributed by atoms with Crippen LogP contribution in [0.4, 0.5) is 0 Å². The zero-order chi connectivity index (χ0) is 52.7. The van der Waals surface area contributed by atoms with Crippen LogP contribution in [0.1, 0.15) is 105 Å². The molecule has 0 spiro atoms. The lowest BCUT2D eigenvalue weighted by molar-refractivity contribution is -0.145. The Kier molecular flexibility index (Phi) is 26.4. The molecule has 0 unspecified atom stereocenters. The van der Waals surface area contributed by atoms with E-state index in [2.05, 4.69) is 37.2 Å². The second-order valence-corrected chi connectivity index (χ2v) is 17.2. The molecule has 0 radical (unpaired) electrons. The van der Waals surface area contributed by atoms with Gasteiger partial charge in [-0.15, -0.1) is 0 Å². The zero-order valence-corrected chi connectivity index (χ0v) is 39.5. The summed E-state index contributed by atoms with van der Waals surface area (Å²) in [4.78, 5) is 154. The van der Waals surface area contributed by atoms with E-state index in [0.717, 1.165) is 11.8 Å². The molecule has 0 aromatic carbocycles. The molecular formula is C42H70N10O17.